The highest BCUT2D eigenvalue weighted by molar-refractivity contribution is 6.30. The Labute approximate surface area is 157 Å². The minimum absolute atomic E-state index is 0.312. The topological polar surface area (TPSA) is 24.7 Å². The summed E-state index contributed by atoms with van der Waals surface area (Å²) in [6.45, 7) is 0. The number of rotatable bonds is 5. The van der Waals surface area contributed by atoms with Gasteiger partial charge in [0.25, 0.3) is 0 Å². The molecule has 0 N–H and O–H groups in total. The van der Waals surface area contributed by atoms with Gasteiger partial charge in [0, 0.05) is 22.5 Å². The van der Waals surface area contributed by atoms with Crippen molar-refractivity contribution in [2.24, 2.45) is 9.98 Å². The number of hydrogen-bond donors (Lipinski definition) is 0. The van der Waals surface area contributed by atoms with Gasteiger partial charge in [-0.2, -0.15) is 0 Å². The highest BCUT2D eigenvalue weighted by atomic mass is 35.5. The van der Waals surface area contributed by atoms with Crippen LogP contribution in [0.3, 0.4) is 0 Å². The van der Waals surface area contributed by atoms with Crippen molar-refractivity contribution < 1.29 is 0 Å². The van der Waals surface area contributed by atoms with Crippen LogP contribution in [0.4, 0.5) is 0 Å². The summed E-state index contributed by atoms with van der Waals surface area (Å²) in [5, 5.41) is 1.41. The fourth-order valence-corrected chi connectivity index (χ4v) is 2.50. The third-order valence-corrected chi connectivity index (χ3v) is 4.07. The first-order valence-electron chi connectivity index (χ1n) is 7.83. The minimum atomic E-state index is -0.312. The zero-order valence-corrected chi connectivity index (χ0v) is 14.9. The zero-order chi connectivity index (χ0) is 17.5. The van der Waals surface area contributed by atoms with E-state index >= 15 is 0 Å². The summed E-state index contributed by atoms with van der Waals surface area (Å²) in [5.74, 6) is 0. The van der Waals surface area contributed by atoms with Crippen molar-refractivity contribution in [2.75, 3.05) is 0 Å². The number of benzene rings is 3. The third-order valence-electron chi connectivity index (χ3n) is 3.57. The molecule has 3 aromatic carbocycles. The van der Waals surface area contributed by atoms with Gasteiger partial charge >= 0.3 is 0 Å². The highest BCUT2D eigenvalue weighted by Gasteiger charge is 2.05. The van der Waals surface area contributed by atoms with Crippen LogP contribution >= 0.6 is 23.2 Å². The summed E-state index contributed by atoms with van der Waals surface area (Å²) < 4.78 is 0. The second-order valence-electron chi connectivity index (χ2n) is 5.44. The maximum atomic E-state index is 5.92. The second-order valence-corrected chi connectivity index (χ2v) is 6.32. The summed E-state index contributed by atoms with van der Waals surface area (Å²) >= 11 is 11.8. The van der Waals surface area contributed by atoms with E-state index in [1.54, 1.807) is 0 Å². The molecule has 2 nitrogen and oxygen atoms in total. The van der Waals surface area contributed by atoms with Crippen molar-refractivity contribution >= 4 is 35.6 Å². The van der Waals surface area contributed by atoms with E-state index in [0.717, 1.165) is 16.7 Å². The van der Waals surface area contributed by atoms with Gasteiger partial charge in [-0.1, -0.05) is 77.8 Å². The van der Waals surface area contributed by atoms with Crippen molar-refractivity contribution in [3.05, 3.63) is 106 Å². The van der Waals surface area contributed by atoms with E-state index in [-0.39, 0.29) is 6.17 Å². The third kappa shape index (κ3) is 5.28. The lowest BCUT2D eigenvalue weighted by molar-refractivity contribution is 0.787. The molecule has 0 fully saturated rings. The second kappa shape index (κ2) is 8.61. The van der Waals surface area contributed by atoms with Crippen molar-refractivity contribution in [1.82, 2.24) is 0 Å². The van der Waals surface area contributed by atoms with Gasteiger partial charge in [-0.25, -0.2) is 0 Å². The van der Waals surface area contributed by atoms with E-state index in [1.165, 1.54) is 0 Å². The predicted octanol–water partition coefficient (Wildman–Crippen LogP) is 6.23. The molecule has 25 heavy (non-hydrogen) atoms. The summed E-state index contributed by atoms with van der Waals surface area (Å²) in [4.78, 5) is 9.27. The largest absolute Gasteiger partial charge is 0.261 e. The van der Waals surface area contributed by atoms with Crippen molar-refractivity contribution in [3.63, 3.8) is 0 Å². The first-order valence-corrected chi connectivity index (χ1v) is 8.59. The number of nitrogens with zero attached hydrogens (tertiary/aromatic N) is 2. The smallest absolute Gasteiger partial charge is 0.165 e. The molecule has 0 radical (unpaired) electrons. The Bertz CT molecular complexity index is 799. The van der Waals surface area contributed by atoms with Gasteiger partial charge in [0.15, 0.2) is 6.17 Å². The molecule has 3 rings (SSSR count). The molecular formula is C21H16Cl2N2. The van der Waals surface area contributed by atoms with Crippen LogP contribution in [0.25, 0.3) is 0 Å². The van der Waals surface area contributed by atoms with Crippen LogP contribution in [-0.2, 0) is 0 Å². The molecule has 0 aliphatic heterocycles. The van der Waals surface area contributed by atoms with Gasteiger partial charge in [0.05, 0.1) is 0 Å². The molecule has 0 aliphatic carbocycles. The van der Waals surface area contributed by atoms with E-state index in [0.29, 0.717) is 10.0 Å². The Morgan fingerprint density at radius 2 is 1.04 bits per heavy atom. The van der Waals surface area contributed by atoms with E-state index in [1.807, 2.05) is 91.3 Å². The van der Waals surface area contributed by atoms with Gasteiger partial charge in [-0.15, -0.1) is 0 Å². The van der Waals surface area contributed by atoms with E-state index < -0.39 is 0 Å². The molecule has 0 atom stereocenters. The molecule has 0 aliphatic rings. The standard InChI is InChI=1S/C21H16Cl2N2/c22-19-10-6-16(7-11-19)14-24-21(18-4-2-1-3-5-18)25-15-17-8-12-20(23)13-9-17/h1-15,21H/b24-14+,25-15+. The predicted molar refractivity (Wildman–Crippen MR) is 107 cm³/mol. The average molecular weight is 367 g/mol. The van der Waals surface area contributed by atoms with Gasteiger partial charge in [-0.05, 0) is 41.0 Å². The molecule has 0 saturated carbocycles. The molecule has 0 unspecified atom stereocenters. The summed E-state index contributed by atoms with van der Waals surface area (Å²) in [7, 11) is 0. The van der Waals surface area contributed by atoms with Gasteiger partial charge < -0.3 is 0 Å². The number of aliphatic imine (C=N–C) groups is 2. The summed E-state index contributed by atoms with van der Waals surface area (Å²) in [6.07, 6.45) is 3.31. The lowest BCUT2D eigenvalue weighted by Crippen LogP contribution is -1.95. The maximum Gasteiger partial charge on any atom is 0.165 e. The van der Waals surface area contributed by atoms with Gasteiger partial charge in [-0.3, -0.25) is 9.98 Å². The molecule has 124 valence electrons. The summed E-state index contributed by atoms with van der Waals surface area (Å²) in [5.41, 5.74) is 2.98. The van der Waals surface area contributed by atoms with Crippen LogP contribution in [0.1, 0.15) is 22.9 Å². The zero-order valence-electron chi connectivity index (χ0n) is 13.4. The SMILES string of the molecule is Clc1ccc(/C=N/C(/N=C/c2ccc(Cl)cc2)c2ccccc2)cc1. The fourth-order valence-electron chi connectivity index (χ4n) is 2.25. The van der Waals surface area contributed by atoms with Gasteiger partial charge in [0.1, 0.15) is 0 Å². The molecule has 0 bridgehead atoms. The van der Waals surface area contributed by atoms with Crippen molar-refractivity contribution in [2.45, 2.75) is 6.17 Å². The van der Waals surface area contributed by atoms with Crippen molar-refractivity contribution in [1.29, 1.82) is 0 Å². The maximum absolute atomic E-state index is 5.92. The van der Waals surface area contributed by atoms with E-state index in [9.17, 15) is 0 Å². The Hall–Kier alpha value is -2.42. The number of halogens is 2. The van der Waals surface area contributed by atoms with Crippen LogP contribution in [-0.4, -0.2) is 12.4 Å². The molecule has 0 spiro atoms. The molecule has 0 heterocycles. The molecule has 0 aromatic heterocycles. The Morgan fingerprint density at radius 1 is 0.600 bits per heavy atom. The molecule has 0 saturated heterocycles. The first-order chi connectivity index (χ1) is 12.2. The van der Waals surface area contributed by atoms with E-state index in [2.05, 4.69) is 9.98 Å². The van der Waals surface area contributed by atoms with Gasteiger partial charge in [0.2, 0.25) is 0 Å². The monoisotopic (exact) mass is 366 g/mol. The van der Waals surface area contributed by atoms with Crippen LogP contribution in [0.15, 0.2) is 88.8 Å². The Morgan fingerprint density at radius 3 is 1.48 bits per heavy atom. The minimum Gasteiger partial charge on any atom is -0.261 e. The van der Waals surface area contributed by atoms with Crippen LogP contribution in [0.5, 0.6) is 0 Å². The first kappa shape index (κ1) is 17.4. The van der Waals surface area contributed by atoms with Crippen LogP contribution < -0.4 is 0 Å². The average Bonchev–Trinajstić information content (AvgIpc) is 2.65. The molecular weight excluding hydrogens is 351 g/mol. The Balaban J connectivity index is 1.84. The van der Waals surface area contributed by atoms with E-state index in [4.69, 9.17) is 23.2 Å². The lowest BCUT2D eigenvalue weighted by Gasteiger charge is -2.08. The number of hydrogen-bond acceptors (Lipinski definition) is 2. The lowest BCUT2D eigenvalue weighted by atomic mass is 10.1. The normalized spacial score (nSPS) is 11.6. The van der Waals surface area contributed by atoms with Crippen LogP contribution in [0, 0.1) is 0 Å². The van der Waals surface area contributed by atoms with Crippen molar-refractivity contribution in [3.8, 4) is 0 Å². The summed E-state index contributed by atoms with van der Waals surface area (Å²) in [6, 6.07) is 25.1. The molecule has 0 amide bonds. The molecule has 3 aromatic rings. The van der Waals surface area contributed by atoms with Crippen LogP contribution in [0.2, 0.25) is 10.0 Å². The fraction of sp³-hybridized carbons (Fsp3) is 0.0476. The highest BCUT2D eigenvalue weighted by Crippen LogP contribution is 2.19. The Kier molecular flexibility index (Phi) is 5.99. The quantitative estimate of drug-likeness (QED) is 0.478. The molecule has 4 heteroatoms.